The highest BCUT2D eigenvalue weighted by molar-refractivity contribution is 5.63. The third-order valence-corrected chi connectivity index (χ3v) is 3.31. The van der Waals surface area contributed by atoms with E-state index < -0.39 is 11.9 Å². The standard InChI is InChI=1S/C17H10F3N3/c18-17(19,20)16-10-15(13-8-6-12(11-21)7-9-13)23(22-16)14-4-2-1-3-5-14/h1-10H. The third-order valence-electron chi connectivity index (χ3n) is 3.31. The van der Waals surface area contributed by atoms with Crippen molar-refractivity contribution in [2.45, 2.75) is 6.18 Å². The van der Waals surface area contributed by atoms with Gasteiger partial charge < -0.3 is 0 Å². The smallest absolute Gasteiger partial charge is 0.233 e. The molecule has 0 aliphatic heterocycles. The topological polar surface area (TPSA) is 41.6 Å². The van der Waals surface area contributed by atoms with E-state index in [4.69, 9.17) is 5.26 Å². The van der Waals surface area contributed by atoms with Crippen LogP contribution >= 0.6 is 0 Å². The number of benzene rings is 2. The molecule has 0 aliphatic carbocycles. The van der Waals surface area contributed by atoms with E-state index in [1.54, 1.807) is 54.6 Å². The molecule has 0 atom stereocenters. The molecule has 3 nitrogen and oxygen atoms in total. The molecule has 3 rings (SSSR count). The molecule has 0 saturated heterocycles. The summed E-state index contributed by atoms with van der Waals surface area (Å²) < 4.78 is 40.3. The van der Waals surface area contributed by atoms with Crippen molar-refractivity contribution in [1.82, 2.24) is 9.78 Å². The Hall–Kier alpha value is -3.07. The van der Waals surface area contributed by atoms with Crippen LogP contribution in [0.1, 0.15) is 11.3 Å². The Kier molecular flexibility index (Phi) is 3.62. The molecule has 6 heteroatoms. The van der Waals surface area contributed by atoms with Gasteiger partial charge in [0, 0.05) is 5.56 Å². The summed E-state index contributed by atoms with van der Waals surface area (Å²) in [5.74, 6) is 0. The fraction of sp³-hybridized carbons (Fsp3) is 0.0588. The van der Waals surface area contributed by atoms with Crippen molar-refractivity contribution in [3.05, 3.63) is 71.9 Å². The minimum Gasteiger partial charge on any atom is -0.233 e. The Morgan fingerprint density at radius 3 is 2.17 bits per heavy atom. The van der Waals surface area contributed by atoms with Crippen LogP contribution in [0.3, 0.4) is 0 Å². The first kappa shape index (κ1) is 14.9. The largest absolute Gasteiger partial charge is 0.435 e. The average Bonchev–Trinajstić information content (AvgIpc) is 3.01. The first-order chi connectivity index (χ1) is 11.0. The van der Waals surface area contributed by atoms with Crippen LogP contribution in [0.15, 0.2) is 60.7 Å². The molecule has 0 spiro atoms. The van der Waals surface area contributed by atoms with E-state index in [0.717, 1.165) is 6.07 Å². The minimum absolute atomic E-state index is 0.313. The van der Waals surface area contributed by atoms with Crippen molar-refractivity contribution in [3.63, 3.8) is 0 Å². The molecule has 2 aromatic carbocycles. The molecule has 0 fully saturated rings. The second kappa shape index (κ2) is 5.61. The van der Waals surface area contributed by atoms with Crippen molar-refractivity contribution in [2.75, 3.05) is 0 Å². The van der Waals surface area contributed by atoms with Gasteiger partial charge in [-0.05, 0) is 30.3 Å². The molecule has 114 valence electrons. The first-order valence-corrected chi connectivity index (χ1v) is 6.72. The maximum Gasteiger partial charge on any atom is 0.435 e. The number of aromatic nitrogens is 2. The van der Waals surface area contributed by atoms with Gasteiger partial charge in [-0.1, -0.05) is 30.3 Å². The van der Waals surface area contributed by atoms with Crippen LogP contribution in [-0.4, -0.2) is 9.78 Å². The van der Waals surface area contributed by atoms with Crippen molar-refractivity contribution in [2.24, 2.45) is 0 Å². The van der Waals surface area contributed by atoms with E-state index in [-0.39, 0.29) is 0 Å². The molecule has 0 bridgehead atoms. The Morgan fingerprint density at radius 1 is 0.957 bits per heavy atom. The third kappa shape index (κ3) is 2.94. The van der Waals surface area contributed by atoms with Crippen LogP contribution in [0.2, 0.25) is 0 Å². The Balaban J connectivity index is 2.18. The lowest BCUT2D eigenvalue weighted by atomic mass is 10.1. The molecular weight excluding hydrogens is 303 g/mol. The zero-order chi connectivity index (χ0) is 16.4. The number of para-hydroxylation sites is 1. The molecule has 1 aromatic heterocycles. The van der Waals surface area contributed by atoms with E-state index in [1.165, 1.54) is 4.68 Å². The highest BCUT2D eigenvalue weighted by atomic mass is 19.4. The van der Waals surface area contributed by atoms with E-state index in [1.807, 2.05) is 6.07 Å². The van der Waals surface area contributed by atoms with Crippen LogP contribution in [-0.2, 0) is 6.18 Å². The summed E-state index contributed by atoms with van der Waals surface area (Å²) in [7, 11) is 0. The van der Waals surface area contributed by atoms with E-state index in [0.29, 0.717) is 22.5 Å². The zero-order valence-corrected chi connectivity index (χ0v) is 11.7. The number of hydrogen-bond acceptors (Lipinski definition) is 2. The van der Waals surface area contributed by atoms with Crippen LogP contribution in [0, 0.1) is 11.3 Å². The number of hydrogen-bond donors (Lipinski definition) is 0. The number of rotatable bonds is 2. The van der Waals surface area contributed by atoms with Crippen molar-refractivity contribution in [3.8, 4) is 23.0 Å². The van der Waals surface area contributed by atoms with Crippen LogP contribution < -0.4 is 0 Å². The number of halogens is 3. The van der Waals surface area contributed by atoms with Gasteiger partial charge in [-0.2, -0.15) is 23.5 Å². The summed E-state index contributed by atoms with van der Waals surface area (Å²) >= 11 is 0. The molecule has 0 amide bonds. The van der Waals surface area contributed by atoms with Crippen LogP contribution in [0.5, 0.6) is 0 Å². The Morgan fingerprint density at radius 2 is 1.61 bits per heavy atom. The summed E-state index contributed by atoms with van der Waals surface area (Å²) in [4.78, 5) is 0. The normalized spacial score (nSPS) is 11.2. The highest BCUT2D eigenvalue weighted by Gasteiger charge is 2.35. The second-order valence-electron chi connectivity index (χ2n) is 4.85. The van der Waals surface area contributed by atoms with Crippen molar-refractivity contribution >= 4 is 0 Å². The van der Waals surface area contributed by atoms with Crippen LogP contribution in [0.4, 0.5) is 13.2 Å². The predicted octanol–water partition coefficient (Wildman–Crippen LogP) is 4.43. The highest BCUT2D eigenvalue weighted by Crippen LogP contribution is 2.33. The molecule has 0 saturated carbocycles. The molecule has 0 unspecified atom stereocenters. The van der Waals surface area contributed by atoms with Gasteiger partial charge in [0.1, 0.15) is 0 Å². The fourth-order valence-corrected chi connectivity index (χ4v) is 2.21. The van der Waals surface area contributed by atoms with E-state index >= 15 is 0 Å². The van der Waals surface area contributed by atoms with Gasteiger partial charge in [0.05, 0.1) is 23.0 Å². The maximum atomic E-state index is 13.0. The van der Waals surface area contributed by atoms with Crippen molar-refractivity contribution < 1.29 is 13.2 Å². The summed E-state index contributed by atoms with van der Waals surface area (Å²) in [5.41, 5.74) is 0.877. The molecule has 23 heavy (non-hydrogen) atoms. The summed E-state index contributed by atoms with van der Waals surface area (Å²) in [6, 6.07) is 17.9. The quantitative estimate of drug-likeness (QED) is 0.702. The predicted molar refractivity (Wildman–Crippen MR) is 78.7 cm³/mol. The summed E-state index contributed by atoms with van der Waals surface area (Å²) in [6.45, 7) is 0. The first-order valence-electron chi connectivity index (χ1n) is 6.72. The van der Waals surface area contributed by atoms with Gasteiger partial charge in [-0.3, -0.25) is 0 Å². The number of nitrogens with zero attached hydrogens (tertiary/aromatic N) is 3. The lowest BCUT2D eigenvalue weighted by molar-refractivity contribution is -0.141. The molecule has 0 aliphatic rings. The molecule has 0 radical (unpaired) electrons. The molecule has 0 N–H and O–H groups in total. The summed E-state index contributed by atoms with van der Waals surface area (Å²) in [5, 5.41) is 12.5. The van der Waals surface area contributed by atoms with Gasteiger partial charge in [0.2, 0.25) is 0 Å². The van der Waals surface area contributed by atoms with E-state index in [2.05, 4.69) is 5.10 Å². The lowest BCUT2D eigenvalue weighted by Gasteiger charge is -2.07. The van der Waals surface area contributed by atoms with Gasteiger partial charge in [-0.25, -0.2) is 4.68 Å². The monoisotopic (exact) mass is 313 g/mol. The minimum atomic E-state index is -4.53. The molecular formula is C17H10F3N3. The van der Waals surface area contributed by atoms with Gasteiger partial charge in [0.25, 0.3) is 0 Å². The molecule has 3 aromatic rings. The fourth-order valence-electron chi connectivity index (χ4n) is 2.21. The summed E-state index contributed by atoms with van der Waals surface area (Å²) in [6.07, 6.45) is -4.53. The zero-order valence-electron chi connectivity index (χ0n) is 11.7. The van der Waals surface area contributed by atoms with Gasteiger partial charge in [-0.15, -0.1) is 0 Å². The lowest BCUT2D eigenvalue weighted by Crippen LogP contribution is -2.07. The van der Waals surface area contributed by atoms with Crippen LogP contribution in [0.25, 0.3) is 16.9 Å². The second-order valence-corrected chi connectivity index (χ2v) is 4.85. The maximum absolute atomic E-state index is 13.0. The number of nitriles is 1. The Bertz CT molecular complexity index is 857. The van der Waals surface area contributed by atoms with E-state index in [9.17, 15) is 13.2 Å². The Labute approximate surface area is 130 Å². The average molecular weight is 313 g/mol. The number of alkyl halides is 3. The van der Waals surface area contributed by atoms with Crippen molar-refractivity contribution in [1.29, 1.82) is 5.26 Å². The van der Waals surface area contributed by atoms with Gasteiger partial charge >= 0.3 is 6.18 Å². The molecule has 1 heterocycles. The van der Waals surface area contributed by atoms with Gasteiger partial charge in [0.15, 0.2) is 5.69 Å². The SMILES string of the molecule is N#Cc1ccc(-c2cc(C(F)(F)F)nn2-c2ccccc2)cc1.